The van der Waals surface area contributed by atoms with Crippen molar-refractivity contribution in [3.05, 3.63) is 53.4 Å². The van der Waals surface area contributed by atoms with Crippen LogP contribution in [-0.4, -0.2) is 31.8 Å². The molecule has 0 amide bonds. The second kappa shape index (κ2) is 6.73. The van der Waals surface area contributed by atoms with Gasteiger partial charge in [-0.2, -0.15) is 4.39 Å². The molecule has 130 valence electrons. The number of hydrogen-bond donors (Lipinski definition) is 0. The van der Waals surface area contributed by atoms with Crippen molar-refractivity contribution in [3.63, 3.8) is 0 Å². The highest BCUT2D eigenvalue weighted by atomic mass is 32.2. The van der Waals surface area contributed by atoms with Gasteiger partial charge in [-0.3, -0.25) is 4.98 Å². The van der Waals surface area contributed by atoms with Gasteiger partial charge in [0.25, 0.3) is 0 Å². The van der Waals surface area contributed by atoms with Gasteiger partial charge in [0.1, 0.15) is 6.61 Å². The molecule has 0 aliphatic rings. The first-order chi connectivity index (χ1) is 11.2. The van der Waals surface area contributed by atoms with Gasteiger partial charge in [0, 0.05) is 26.5 Å². The van der Waals surface area contributed by atoms with Crippen LogP contribution in [0.25, 0.3) is 0 Å². The van der Waals surface area contributed by atoms with Gasteiger partial charge in [0.2, 0.25) is 21.7 Å². The Morgan fingerprint density at radius 1 is 1.00 bits per heavy atom. The van der Waals surface area contributed by atoms with Crippen molar-refractivity contribution < 1.29 is 30.7 Å². The Hall–Kier alpha value is -2.20. The van der Waals surface area contributed by atoms with Gasteiger partial charge in [-0.1, -0.05) is 0 Å². The van der Waals surface area contributed by atoms with E-state index in [2.05, 4.69) is 4.98 Å². The molecule has 10 heteroatoms. The van der Waals surface area contributed by atoms with Crippen molar-refractivity contribution in [2.24, 2.45) is 0 Å². The lowest BCUT2D eigenvalue weighted by Gasteiger charge is -2.17. The van der Waals surface area contributed by atoms with E-state index < -0.39 is 50.5 Å². The van der Waals surface area contributed by atoms with Gasteiger partial charge in [0.05, 0.1) is 0 Å². The normalized spacial score (nSPS) is 11.8. The van der Waals surface area contributed by atoms with Crippen LogP contribution in [0.2, 0.25) is 0 Å². The van der Waals surface area contributed by atoms with Crippen molar-refractivity contribution in [1.82, 2.24) is 9.29 Å². The number of ether oxygens (including phenoxy) is 1. The van der Waals surface area contributed by atoms with Crippen LogP contribution in [0, 0.1) is 23.3 Å². The second-order valence-corrected chi connectivity index (χ2v) is 6.93. The van der Waals surface area contributed by atoms with Crippen molar-refractivity contribution in [2.45, 2.75) is 11.5 Å². The zero-order chi connectivity index (χ0) is 18.1. The lowest BCUT2D eigenvalue weighted by atomic mass is 10.2. The molecule has 0 fully saturated rings. The number of pyridine rings is 1. The zero-order valence-electron chi connectivity index (χ0n) is 12.6. The van der Waals surface area contributed by atoms with Gasteiger partial charge in [-0.25, -0.2) is 25.9 Å². The van der Waals surface area contributed by atoms with E-state index in [0.717, 1.165) is 14.1 Å². The van der Waals surface area contributed by atoms with Crippen LogP contribution >= 0.6 is 0 Å². The molecule has 1 aromatic carbocycles. The minimum Gasteiger partial charge on any atom is -0.484 e. The highest BCUT2D eigenvalue weighted by Crippen LogP contribution is 2.35. The van der Waals surface area contributed by atoms with Gasteiger partial charge in [-0.15, -0.1) is 0 Å². The van der Waals surface area contributed by atoms with E-state index in [-0.39, 0.29) is 0 Å². The first-order valence-electron chi connectivity index (χ1n) is 6.48. The summed E-state index contributed by atoms with van der Waals surface area (Å²) in [7, 11) is -2.57. The van der Waals surface area contributed by atoms with E-state index in [1.54, 1.807) is 0 Å². The predicted molar refractivity (Wildman–Crippen MR) is 75.7 cm³/mol. The van der Waals surface area contributed by atoms with Crippen molar-refractivity contribution in [3.8, 4) is 5.75 Å². The molecule has 0 aliphatic heterocycles. The summed E-state index contributed by atoms with van der Waals surface area (Å²) in [5, 5.41) is 0. The van der Waals surface area contributed by atoms with Crippen LogP contribution in [0.3, 0.4) is 0 Å². The molecular weight excluding hydrogens is 352 g/mol. The molecule has 1 heterocycles. The molecule has 0 unspecified atom stereocenters. The predicted octanol–water partition coefficient (Wildman–Crippen LogP) is 2.47. The summed E-state index contributed by atoms with van der Waals surface area (Å²) >= 11 is 0. The van der Waals surface area contributed by atoms with Crippen LogP contribution in [0.15, 0.2) is 29.4 Å². The van der Waals surface area contributed by atoms with E-state index in [0.29, 0.717) is 9.87 Å². The minimum absolute atomic E-state index is 0.403. The maximum absolute atomic E-state index is 14.0. The topological polar surface area (TPSA) is 59.5 Å². The standard InChI is InChI=1S/C14H12F4N2O3S/c1-20(2)24(21,22)14-12(18)10(16)9(15)11(17)13(14)23-7-8-3-5-19-6-4-8/h3-6H,7H2,1-2H3. The third-order valence-electron chi connectivity index (χ3n) is 3.05. The van der Waals surface area contributed by atoms with Crippen molar-refractivity contribution in [2.75, 3.05) is 14.1 Å². The maximum atomic E-state index is 14.0. The largest absolute Gasteiger partial charge is 0.484 e. The summed E-state index contributed by atoms with van der Waals surface area (Å²) in [6.45, 7) is -0.403. The SMILES string of the molecule is CN(C)S(=O)(=O)c1c(F)c(F)c(F)c(F)c1OCc1ccncc1. The molecule has 2 rings (SSSR count). The van der Waals surface area contributed by atoms with Crippen LogP contribution in [0.4, 0.5) is 17.6 Å². The van der Waals surface area contributed by atoms with Gasteiger partial charge in [0.15, 0.2) is 22.3 Å². The van der Waals surface area contributed by atoms with E-state index in [9.17, 15) is 26.0 Å². The molecule has 0 spiro atoms. The van der Waals surface area contributed by atoms with Crippen molar-refractivity contribution in [1.29, 1.82) is 0 Å². The summed E-state index contributed by atoms with van der Waals surface area (Å²) in [5.74, 6) is -9.59. The Kier molecular flexibility index (Phi) is 5.09. The van der Waals surface area contributed by atoms with Crippen LogP contribution < -0.4 is 4.74 Å². The molecule has 1 aromatic heterocycles. The fourth-order valence-corrected chi connectivity index (χ4v) is 2.83. The third-order valence-corrected chi connectivity index (χ3v) is 4.90. The quantitative estimate of drug-likeness (QED) is 0.465. The minimum atomic E-state index is -4.63. The van der Waals surface area contributed by atoms with Crippen LogP contribution in [0.5, 0.6) is 5.75 Å². The average molecular weight is 364 g/mol. The summed E-state index contributed by atoms with van der Waals surface area (Å²) in [5.41, 5.74) is 0.433. The summed E-state index contributed by atoms with van der Waals surface area (Å²) in [6, 6.07) is 2.93. The number of aromatic nitrogens is 1. The van der Waals surface area contributed by atoms with Crippen LogP contribution in [0.1, 0.15) is 5.56 Å². The number of rotatable bonds is 5. The van der Waals surface area contributed by atoms with Crippen molar-refractivity contribution >= 4 is 10.0 Å². The van der Waals surface area contributed by atoms with E-state index in [1.165, 1.54) is 24.5 Å². The Bertz CT molecular complexity index is 858. The monoisotopic (exact) mass is 364 g/mol. The lowest BCUT2D eigenvalue weighted by Crippen LogP contribution is -2.25. The fraction of sp³-hybridized carbons (Fsp3) is 0.214. The first kappa shape index (κ1) is 18.1. The van der Waals surface area contributed by atoms with E-state index in [4.69, 9.17) is 4.74 Å². The highest BCUT2D eigenvalue weighted by molar-refractivity contribution is 7.89. The average Bonchev–Trinajstić information content (AvgIpc) is 2.55. The molecule has 0 saturated heterocycles. The molecule has 0 N–H and O–H groups in total. The number of nitrogens with zero attached hydrogens (tertiary/aromatic N) is 2. The summed E-state index contributed by atoms with van der Waals surface area (Å²) in [6.07, 6.45) is 2.77. The lowest BCUT2D eigenvalue weighted by molar-refractivity contribution is 0.262. The molecular formula is C14H12F4N2O3S. The summed E-state index contributed by atoms with van der Waals surface area (Å²) in [4.78, 5) is 2.33. The Balaban J connectivity index is 2.61. The molecule has 0 aliphatic carbocycles. The maximum Gasteiger partial charge on any atom is 0.249 e. The number of benzene rings is 1. The second-order valence-electron chi connectivity index (χ2n) is 4.85. The Morgan fingerprint density at radius 2 is 1.54 bits per heavy atom. The van der Waals surface area contributed by atoms with Gasteiger partial charge >= 0.3 is 0 Å². The van der Waals surface area contributed by atoms with Gasteiger partial charge in [-0.05, 0) is 17.7 Å². The number of sulfonamides is 1. The first-order valence-corrected chi connectivity index (χ1v) is 7.92. The highest BCUT2D eigenvalue weighted by Gasteiger charge is 2.35. The zero-order valence-corrected chi connectivity index (χ0v) is 13.4. The molecule has 0 bridgehead atoms. The molecule has 0 atom stereocenters. The molecule has 0 radical (unpaired) electrons. The Labute approximate surface area is 135 Å². The Morgan fingerprint density at radius 3 is 2.08 bits per heavy atom. The smallest absolute Gasteiger partial charge is 0.249 e. The molecule has 2 aromatic rings. The molecule has 5 nitrogen and oxygen atoms in total. The van der Waals surface area contributed by atoms with E-state index >= 15 is 0 Å². The third kappa shape index (κ3) is 3.20. The number of halogens is 4. The number of hydrogen-bond acceptors (Lipinski definition) is 4. The van der Waals surface area contributed by atoms with Crippen LogP contribution in [-0.2, 0) is 16.6 Å². The van der Waals surface area contributed by atoms with Gasteiger partial charge < -0.3 is 4.74 Å². The fourth-order valence-electron chi connectivity index (χ4n) is 1.77. The molecule has 0 saturated carbocycles. The molecule has 24 heavy (non-hydrogen) atoms. The summed E-state index contributed by atoms with van der Waals surface area (Å²) < 4.78 is 84.7. The van der Waals surface area contributed by atoms with E-state index in [1.807, 2.05) is 0 Å².